The van der Waals surface area contributed by atoms with Crippen LogP contribution in [-0.2, 0) is 25.5 Å². The molecule has 0 aliphatic heterocycles. The van der Waals surface area contributed by atoms with Gasteiger partial charge in [0.15, 0.2) is 0 Å². The molecule has 0 aliphatic rings. The van der Waals surface area contributed by atoms with Crippen molar-refractivity contribution >= 4 is 11.9 Å². The van der Waals surface area contributed by atoms with Crippen LogP contribution in [0.2, 0.25) is 0 Å². The number of rotatable bonds is 12. The van der Waals surface area contributed by atoms with Crippen LogP contribution in [0.1, 0.15) is 64.9 Å². The van der Waals surface area contributed by atoms with Crippen LogP contribution in [0, 0.1) is 5.92 Å². The van der Waals surface area contributed by atoms with E-state index >= 15 is 0 Å². The van der Waals surface area contributed by atoms with Crippen LogP contribution in [0.25, 0.3) is 0 Å². The number of unbranched alkanes of at least 4 members (excludes halogenated alkanes) is 2. The molecular formula is C21H32O4. The predicted molar refractivity (Wildman–Crippen MR) is 99.2 cm³/mol. The molecule has 1 aromatic rings. The summed E-state index contributed by atoms with van der Waals surface area (Å²) in [4.78, 5) is 23.4. The zero-order chi connectivity index (χ0) is 18.5. The molecule has 140 valence electrons. The summed E-state index contributed by atoms with van der Waals surface area (Å²) in [7, 11) is 0. The summed E-state index contributed by atoms with van der Waals surface area (Å²) >= 11 is 0. The van der Waals surface area contributed by atoms with Gasteiger partial charge in [0, 0.05) is 19.3 Å². The Bertz CT molecular complexity index is 496. The lowest BCUT2D eigenvalue weighted by atomic mass is 10.1. The second-order valence-electron chi connectivity index (χ2n) is 6.95. The highest BCUT2D eigenvalue weighted by molar-refractivity contribution is 5.70. The minimum absolute atomic E-state index is 0.0212. The number of benzene rings is 1. The third-order valence-corrected chi connectivity index (χ3v) is 3.89. The molecule has 4 nitrogen and oxygen atoms in total. The lowest BCUT2D eigenvalue weighted by molar-refractivity contribution is -0.149. The van der Waals surface area contributed by atoms with Gasteiger partial charge >= 0.3 is 11.9 Å². The van der Waals surface area contributed by atoms with E-state index in [1.165, 1.54) is 5.56 Å². The van der Waals surface area contributed by atoms with Crippen LogP contribution in [0.15, 0.2) is 30.3 Å². The summed E-state index contributed by atoms with van der Waals surface area (Å²) in [6.07, 6.45) is 4.78. The molecule has 0 aromatic heterocycles. The van der Waals surface area contributed by atoms with Crippen molar-refractivity contribution in [2.45, 2.75) is 71.8 Å². The summed E-state index contributed by atoms with van der Waals surface area (Å²) in [5, 5.41) is 0. The summed E-state index contributed by atoms with van der Waals surface area (Å²) < 4.78 is 10.6. The van der Waals surface area contributed by atoms with E-state index in [2.05, 4.69) is 13.8 Å². The Morgan fingerprint density at radius 1 is 0.920 bits per heavy atom. The van der Waals surface area contributed by atoms with Gasteiger partial charge in [0.05, 0.1) is 12.7 Å². The Hall–Kier alpha value is -1.84. The van der Waals surface area contributed by atoms with E-state index in [1.54, 1.807) is 0 Å². The fourth-order valence-electron chi connectivity index (χ4n) is 2.71. The fourth-order valence-corrected chi connectivity index (χ4v) is 2.71. The lowest BCUT2D eigenvalue weighted by Gasteiger charge is -2.15. The van der Waals surface area contributed by atoms with Crippen molar-refractivity contribution in [1.82, 2.24) is 0 Å². The zero-order valence-electron chi connectivity index (χ0n) is 15.8. The predicted octanol–water partition coefficient (Wildman–Crippen LogP) is 4.70. The van der Waals surface area contributed by atoms with Gasteiger partial charge in [-0.3, -0.25) is 9.59 Å². The van der Waals surface area contributed by atoms with Crippen molar-refractivity contribution in [2.75, 3.05) is 6.61 Å². The molecule has 0 aliphatic carbocycles. The lowest BCUT2D eigenvalue weighted by Crippen LogP contribution is -2.16. The topological polar surface area (TPSA) is 52.6 Å². The second kappa shape index (κ2) is 12.5. The zero-order valence-corrected chi connectivity index (χ0v) is 15.8. The molecule has 25 heavy (non-hydrogen) atoms. The van der Waals surface area contributed by atoms with E-state index in [4.69, 9.17) is 9.47 Å². The smallest absolute Gasteiger partial charge is 0.306 e. The van der Waals surface area contributed by atoms with Gasteiger partial charge in [-0.1, -0.05) is 50.6 Å². The van der Waals surface area contributed by atoms with Gasteiger partial charge in [-0.2, -0.15) is 0 Å². The molecular weight excluding hydrogens is 316 g/mol. The number of ether oxygens (including phenoxy) is 2. The minimum atomic E-state index is -0.163. The van der Waals surface area contributed by atoms with Gasteiger partial charge in [0.2, 0.25) is 0 Å². The maximum Gasteiger partial charge on any atom is 0.306 e. The second-order valence-corrected chi connectivity index (χ2v) is 6.95. The highest BCUT2D eigenvalue weighted by Crippen LogP contribution is 2.11. The number of hydrogen-bond donors (Lipinski definition) is 0. The fraction of sp³-hybridized carbons (Fsp3) is 0.619. The number of carbonyl (C=O) groups is 2. The molecule has 0 saturated carbocycles. The van der Waals surface area contributed by atoms with Crippen molar-refractivity contribution < 1.29 is 19.1 Å². The Balaban J connectivity index is 1.99. The van der Waals surface area contributed by atoms with Gasteiger partial charge in [0.1, 0.15) is 0 Å². The quantitative estimate of drug-likeness (QED) is 0.406. The van der Waals surface area contributed by atoms with Crippen molar-refractivity contribution in [3.8, 4) is 0 Å². The van der Waals surface area contributed by atoms with E-state index in [-0.39, 0.29) is 18.0 Å². The van der Waals surface area contributed by atoms with Gasteiger partial charge in [-0.25, -0.2) is 0 Å². The number of esters is 2. The first-order valence-electron chi connectivity index (χ1n) is 9.36. The Morgan fingerprint density at radius 3 is 2.20 bits per heavy atom. The Morgan fingerprint density at radius 2 is 1.56 bits per heavy atom. The van der Waals surface area contributed by atoms with E-state index < -0.39 is 0 Å². The van der Waals surface area contributed by atoms with Crippen molar-refractivity contribution in [3.63, 3.8) is 0 Å². The van der Waals surface area contributed by atoms with E-state index in [0.717, 1.165) is 32.1 Å². The highest BCUT2D eigenvalue weighted by Gasteiger charge is 2.11. The Kier molecular flexibility index (Phi) is 10.6. The average Bonchev–Trinajstić information content (AvgIpc) is 2.54. The summed E-state index contributed by atoms with van der Waals surface area (Å²) in [6, 6.07) is 9.97. The van der Waals surface area contributed by atoms with Crippen molar-refractivity contribution in [1.29, 1.82) is 0 Å². The van der Waals surface area contributed by atoms with Crippen LogP contribution in [-0.4, -0.2) is 24.6 Å². The summed E-state index contributed by atoms with van der Waals surface area (Å²) in [5.41, 5.74) is 1.17. The molecule has 1 atom stereocenters. The molecule has 0 radical (unpaired) electrons. The van der Waals surface area contributed by atoms with E-state index in [1.807, 2.05) is 37.3 Å². The molecule has 0 bridgehead atoms. The van der Waals surface area contributed by atoms with E-state index in [0.29, 0.717) is 25.4 Å². The molecule has 0 N–H and O–H groups in total. The molecule has 1 aromatic carbocycles. The summed E-state index contributed by atoms with van der Waals surface area (Å²) in [5.74, 6) is 0.221. The van der Waals surface area contributed by atoms with Crippen LogP contribution in [0.5, 0.6) is 0 Å². The highest BCUT2D eigenvalue weighted by atomic mass is 16.5. The van der Waals surface area contributed by atoms with E-state index in [9.17, 15) is 9.59 Å². The van der Waals surface area contributed by atoms with Crippen LogP contribution in [0.3, 0.4) is 0 Å². The molecule has 0 saturated heterocycles. The van der Waals surface area contributed by atoms with Crippen molar-refractivity contribution in [3.05, 3.63) is 35.9 Å². The standard InChI is InChI=1S/C21H32O4/c1-17(2)16-18(3)25-21(23)13-9-5-8-12-20(22)24-15-14-19-10-6-4-7-11-19/h4,6-7,10-11,17-18H,5,8-9,12-16H2,1-3H3. The van der Waals surface area contributed by atoms with Crippen LogP contribution >= 0.6 is 0 Å². The molecule has 4 heteroatoms. The first-order valence-corrected chi connectivity index (χ1v) is 9.36. The largest absolute Gasteiger partial charge is 0.465 e. The molecule has 0 heterocycles. The SMILES string of the molecule is CC(C)CC(C)OC(=O)CCCCCC(=O)OCCc1ccccc1. The average molecular weight is 348 g/mol. The van der Waals surface area contributed by atoms with Crippen molar-refractivity contribution in [2.24, 2.45) is 5.92 Å². The molecule has 1 unspecified atom stereocenters. The number of carbonyl (C=O) groups excluding carboxylic acids is 2. The molecule has 0 amide bonds. The normalized spacial score (nSPS) is 12.0. The molecule has 0 spiro atoms. The maximum atomic E-state index is 11.7. The van der Waals surface area contributed by atoms with Crippen LogP contribution < -0.4 is 0 Å². The first kappa shape index (κ1) is 21.2. The van der Waals surface area contributed by atoms with Gasteiger partial charge in [0.25, 0.3) is 0 Å². The third-order valence-electron chi connectivity index (χ3n) is 3.89. The molecule has 0 fully saturated rings. The van der Waals surface area contributed by atoms with Gasteiger partial charge < -0.3 is 9.47 Å². The first-order chi connectivity index (χ1) is 12.0. The third kappa shape index (κ3) is 11.4. The Labute approximate surface area is 151 Å². The number of hydrogen-bond acceptors (Lipinski definition) is 4. The molecule has 1 rings (SSSR count). The minimum Gasteiger partial charge on any atom is -0.465 e. The maximum absolute atomic E-state index is 11.7. The monoisotopic (exact) mass is 348 g/mol. The van der Waals surface area contributed by atoms with Crippen LogP contribution in [0.4, 0.5) is 0 Å². The van der Waals surface area contributed by atoms with Gasteiger partial charge in [-0.15, -0.1) is 0 Å². The summed E-state index contributed by atoms with van der Waals surface area (Å²) in [6.45, 7) is 6.58. The van der Waals surface area contributed by atoms with Gasteiger partial charge in [-0.05, 0) is 37.7 Å².